The Morgan fingerprint density at radius 2 is 2.14 bits per heavy atom. The number of halogens is 1. The van der Waals surface area contributed by atoms with Gasteiger partial charge in [0.15, 0.2) is 11.6 Å². The first-order valence-corrected chi connectivity index (χ1v) is 4.51. The molecular formula is C10H15FN2O. The van der Waals surface area contributed by atoms with Crippen LogP contribution in [-0.4, -0.2) is 11.7 Å². The Hall–Kier alpha value is -1.13. The maximum Gasteiger partial charge on any atom is 0.165 e. The monoisotopic (exact) mass is 198 g/mol. The van der Waals surface area contributed by atoms with Crippen molar-refractivity contribution < 1.29 is 9.50 Å². The van der Waals surface area contributed by atoms with E-state index >= 15 is 0 Å². The minimum atomic E-state index is -0.632. The fraction of sp³-hybridized carbons (Fsp3) is 0.400. The molecule has 1 rings (SSSR count). The summed E-state index contributed by atoms with van der Waals surface area (Å²) in [5.41, 5.74) is 12.2. The molecule has 0 fully saturated rings. The molecule has 14 heavy (non-hydrogen) atoms. The van der Waals surface area contributed by atoms with Gasteiger partial charge in [-0.3, -0.25) is 0 Å². The quantitative estimate of drug-likeness (QED) is 0.683. The SMILES string of the molecule is Cc1cc(F)c(O)c(C(N)CCN)c1. The molecule has 0 aromatic heterocycles. The van der Waals surface area contributed by atoms with Crippen LogP contribution in [0.5, 0.6) is 5.75 Å². The molecule has 0 spiro atoms. The lowest BCUT2D eigenvalue weighted by molar-refractivity contribution is 0.418. The third kappa shape index (κ3) is 2.21. The van der Waals surface area contributed by atoms with E-state index in [0.717, 1.165) is 5.56 Å². The topological polar surface area (TPSA) is 72.3 Å². The molecule has 1 unspecified atom stereocenters. The average Bonchev–Trinajstić information content (AvgIpc) is 2.11. The smallest absolute Gasteiger partial charge is 0.165 e. The number of hydrogen-bond donors (Lipinski definition) is 3. The minimum Gasteiger partial charge on any atom is -0.505 e. The fourth-order valence-corrected chi connectivity index (χ4v) is 1.38. The summed E-state index contributed by atoms with van der Waals surface area (Å²) in [5.74, 6) is -0.996. The molecule has 1 aromatic rings. The third-order valence-electron chi connectivity index (χ3n) is 2.11. The predicted molar refractivity (Wildman–Crippen MR) is 53.4 cm³/mol. The highest BCUT2D eigenvalue weighted by Gasteiger charge is 2.14. The lowest BCUT2D eigenvalue weighted by Gasteiger charge is -2.13. The first-order chi connectivity index (χ1) is 6.56. The van der Waals surface area contributed by atoms with Gasteiger partial charge in [-0.25, -0.2) is 4.39 Å². The van der Waals surface area contributed by atoms with Gasteiger partial charge in [0.2, 0.25) is 0 Å². The molecule has 0 saturated heterocycles. The Kier molecular flexibility index (Phi) is 3.43. The van der Waals surface area contributed by atoms with Crippen molar-refractivity contribution in [2.45, 2.75) is 19.4 Å². The van der Waals surface area contributed by atoms with Gasteiger partial charge in [0.1, 0.15) is 0 Å². The van der Waals surface area contributed by atoms with Gasteiger partial charge in [-0.05, 0) is 31.5 Å². The van der Waals surface area contributed by atoms with E-state index in [-0.39, 0.29) is 5.75 Å². The van der Waals surface area contributed by atoms with Crippen LogP contribution in [0, 0.1) is 12.7 Å². The Bertz CT molecular complexity index is 328. The van der Waals surface area contributed by atoms with Crippen molar-refractivity contribution in [3.05, 3.63) is 29.1 Å². The number of hydrogen-bond acceptors (Lipinski definition) is 3. The van der Waals surface area contributed by atoms with Crippen LogP contribution >= 0.6 is 0 Å². The van der Waals surface area contributed by atoms with E-state index in [9.17, 15) is 9.50 Å². The van der Waals surface area contributed by atoms with Crippen molar-refractivity contribution in [1.29, 1.82) is 0 Å². The van der Waals surface area contributed by atoms with Gasteiger partial charge in [0.25, 0.3) is 0 Å². The second-order valence-corrected chi connectivity index (χ2v) is 3.37. The van der Waals surface area contributed by atoms with Crippen LogP contribution in [0.1, 0.15) is 23.6 Å². The van der Waals surface area contributed by atoms with Gasteiger partial charge < -0.3 is 16.6 Å². The molecule has 0 aliphatic rings. The Morgan fingerprint density at radius 3 is 2.71 bits per heavy atom. The molecule has 1 atom stereocenters. The van der Waals surface area contributed by atoms with Crippen LogP contribution < -0.4 is 11.5 Å². The van der Waals surface area contributed by atoms with E-state index < -0.39 is 11.9 Å². The number of aryl methyl sites for hydroxylation is 1. The van der Waals surface area contributed by atoms with Crippen LogP contribution in [0.3, 0.4) is 0 Å². The summed E-state index contributed by atoms with van der Waals surface area (Å²) >= 11 is 0. The first kappa shape index (κ1) is 10.9. The Balaban J connectivity index is 3.07. The maximum absolute atomic E-state index is 13.1. The second-order valence-electron chi connectivity index (χ2n) is 3.37. The molecule has 5 N–H and O–H groups in total. The highest BCUT2D eigenvalue weighted by atomic mass is 19.1. The van der Waals surface area contributed by atoms with Crippen LogP contribution in [0.25, 0.3) is 0 Å². The standard InChI is InChI=1S/C10H15FN2O/c1-6-4-7(9(13)2-3-12)10(14)8(11)5-6/h4-5,9,14H,2-3,12-13H2,1H3. The van der Waals surface area contributed by atoms with Crippen LogP contribution in [0.4, 0.5) is 4.39 Å². The van der Waals surface area contributed by atoms with Crippen molar-refractivity contribution in [3.8, 4) is 5.75 Å². The highest BCUT2D eigenvalue weighted by molar-refractivity contribution is 5.39. The van der Waals surface area contributed by atoms with Crippen molar-refractivity contribution in [3.63, 3.8) is 0 Å². The summed E-state index contributed by atoms with van der Waals surface area (Å²) in [6, 6.07) is 2.54. The van der Waals surface area contributed by atoms with Gasteiger partial charge >= 0.3 is 0 Å². The Morgan fingerprint density at radius 1 is 1.50 bits per heavy atom. The van der Waals surface area contributed by atoms with Crippen LogP contribution in [-0.2, 0) is 0 Å². The van der Waals surface area contributed by atoms with Gasteiger partial charge in [-0.2, -0.15) is 0 Å². The van der Waals surface area contributed by atoms with Gasteiger partial charge in [-0.1, -0.05) is 6.07 Å². The number of rotatable bonds is 3. The van der Waals surface area contributed by atoms with Gasteiger partial charge in [0.05, 0.1) is 0 Å². The molecule has 0 aliphatic carbocycles. The van der Waals surface area contributed by atoms with E-state index in [1.165, 1.54) is 6.07 Å². The van der Waals surface area contributed by atoms with Crippen molar-refractivity contribution in [2.24, 2.45) is 11.5 Å². The number of benzene rings is 1. The molecule has 3 nitrogen and oxygen atoms in total. The summed E-state index contributed by atoms with van der Waals surface area (Å²) in [7, 11) is 0. The Labute approximate surface area is 82.5 Å². The van der Waals surface area contributed by atoms with Crippen molar-refractivity contribution in [1.82, 2.24) is 0 Å². The molecule has 78 valence electrons. The third-order valence-corrected chi connectivity index (χ3v) is 2.11. The predicted octanol–water partition coefficient (Wildman–Crippen LogP) is 1.19. The van der Waals surface area contributed by atoms with E-state index in [0.29, 0.717) is 18.5 Å². The minimum absolute atomic E-state index is 0.364. The van der Waals surface area contributed by atoms with E-state index in [2.05, 4.69) is 0 Å². The normalized spacial score (nSPS) is 12.9. The van der Waals surface area contributed by atoms with Crippen molar-refractivity contribution in [2.75, 3.05) is 6.54 Å². The number of phenolic OH excluding ortho intramolecular Hbond substituents is 1. The largest absolute Gasteiger partial charge is 0.505 e. The van der Waals surface area contributed by atoms with Crippen molar-refractivity contribution >= 4 is 0 Å². The zero-order chi connectivity index (χ0) is 10.7. The fourth-order valence-electron chi connectivity index (χ4n) is 1.38. The van der Waals surface area contributed by atoms with Crippen LogP contribution in [0.2, 0.25) is 0 Å². The van der Waals surface area contributed by atoms with Gasteiger partial charge in [0, 0.05) is 11.6 Å². The molecule has 1 aromatic carbocycles. The first-order valence-electron chi connectivity index (χ1n) is 4.51. The lowest BCUT2D eigenvalue weighted by atomic mass is 10.0. The molecule has 0 aliphatic heterocycles. The second kappa shape index (κ2) is 4.39. The summed E-state index contributed by atoms with van der Waals surface area (Å²) < 4.78 is 13.1. The average molecular weight is 198 g/mol. The molecule has 0 radical (unpaired) electrons. The zero-order valence-corrected chi connectivity index (χ0v) is 8.13. The maximum atomic E-state index is 13.1. The highest BCUT2D eigenvalue weighted by Crippen LogP contribution is 2.28. The van der Waals surface area contributed by atoms with E-state index in [1.807, 2.05) is 0 Å². The number of nitrogens with two attached hydrogens (primary N) is 2. The van der Waals surface area contributed by atoms with E-state index in [4.69, 9.17) is 11.5 Å². The lowest BCUT2D eigenvalue weighted by Crippen LogP contribution is -2.15. The van der Waals surface area contributed by atoms with E-state index in [1.54, 1.807) is 13.0 Å². The molecule has 0 bridgehead atoms. The summed E-state index contributed by atoms with van der Waals surface area (Å²) in [4.78, 5) is 0. The molecular weight excluding hydrogens is 183 g/mol. The summed E-state index contributed by atoms with van der Waals surface area (Å²) in [5, 5.41) is 9.42. The molecule has 0 saturated carbocycles. The summed E-state index contributed by atoms with van der Waals surface area (Å²) in [6.45, 7) is 2.16. The molecule has 0 heterocycles. The summed E-state index contributed by atoms with van der Waals surface area (Å²) in [6.07, 6.45) is 0.524. The number of phenols is 1. The number of aromatic hydroxyl groups is 1. The van der Waals surface area contributed by atoms with Gasteiger partial charge in [-0.15, -0.1) is 0 Å². The molecule has 0 amide bonds. The van der Waals surface area contributed by atoms with Crippen LogP contribution in [0.15, 0.2) is 12.1 Å². The zero-order valence-electron chi connectivity index (χ0n) is 8.13. The molecule has 4 heteroatoms.